The number of hydrogen-bond donors (Lipinski definition) is 1. The zero-order valence-corrected chi connectivity index (χ0v) is 10.0. The molecule has 94 valence electrons. The van der Waals surface area contributed by atoms with Gasteiger partial charge in [0.2, 0.25) is 5.91 Å². The van der Waals surface area contributed by atoms with E-state index in [0.717, 1.165) is 0 Å². The van der Waals surface area contributed by atoms with Gasteiger partial charge in [-0.3, -0.25) is 4.79 Å². The van der Waals surface area contributed by atoms with Gasteiger partial charge in [-0.2, -0.15) is 0 Å². The SMILES string of the molecule is COCC(=O)N(C)Cc1cc(C(=O)O)c(C)o1. The minimum Gasteiger partial charge on any atom is -0.478 e. The first kappa shape index (κ1) is 13.2. The minimum absolute atomic E-state index is 0.0119. The third-order valence-corrected chi connectivity index (χ3v) is 2.29. The number of furan rings is 1. The van der Waals surface area contributed by atoms with E-state index in [1.54, 1.807) is 14.0 Å². The van der Waals surface area contributed by atoms with Gasteiger partial charge in [-0.25, -0.2) is 4.79 Å². The average Bonchev–Trinajstić information content (AvgIpc) is 2.59. The van der Waals surface area contributed by atoms with E-state index in [4.69, 9.17) is 14.3 Å². The van der Waals surface area contributed by atoms with E-state index in [0.29, 0.717) is 11.5 Å². The molecule has 0 aliphatic carbocycles. The van der Waals surface area contributed by atoms with Gasteiger partial charge in [-0.15, -0.1) is 0 Å². The van der Waals surface area contributed by atoms with Gasteiger partial charge < -0.3 is 19.2 Å². The maximum atomic E-state index is 11.4. The Hall–Kier alpha value is -1.82. The molecule has 0 aliphatic heterocycles. The molecular weight excluding hydrogens is 226 g/mol. The fraction of sp³-hybridized carbons (Fsp3) is 0.455. The number of aryl methyl sites for hydroxylation is 1. The highest BCUT2D eigenvalue weighted by Crippen LogP contribution is 2.15. The summed E-state index contributed by atoms with van der Waals surface area (Å²) >= 11 is 0. The highest BCUT2D eigenvalue weighted by atomic mass is 16.5. The second-order valence-electron chi connectivity index (χ2n) is 3.67. The van der Waals surface area contributed by atoms with Crippen LogP contribution in [0.4, 0.5) is 0 Å². The molecular formula is C11H15NO5. The highest BCUT2D eigenvalue weighted by Gasteiger charge is 2.16. The molecule has 0 fully saturated rings. The summed E-state index contributed by atoms with van der Waals surface area (Å²) in [5, 5.41) is 8.85. The smallest absolute Gasteiger partial charge is 0.339 e. The summed E-state index contributed by atoms with van der Waals surface area (Å²) in [5.74, 6) is -0.464. The maximum Gasteiger partial charge on any atom is 0.339 e. The summed E-state index contributed by atoms with van der Waals surface area (Å²) in [6, 6.07) is 1.42. The van der Waals surface area contributed by atoms with Crippen LogP contribution in [-0.4, -0.2) is 42.6 Å². The molecule has 0 bridgehead atoms. The molecule has 6 nitrogen and oxygen atoms in total. The summed E-state index contributed by atoms with van der Waals surface area (Å²) in [6.45, 7) is 1.78. The topological polar surface area (TPSA) is 80.0 Å². The average molecular weight is 241 g/mol. The zero-order valence-electron chi connectivity index (χ0n) is 10.0. The molecule has 1 aromatic heterocycles. The third kappa shape index (κ3) is 3.32. The molecule has 17 heavy (non-hydrogen) atoms. The quantitative estimate of drug-likeness (QED) is 0.828. The van der Waals surface area contributed by atoms with Gasteiger partial charge in [0.15, 0.2) is 0 Å². The fourth-order valence-electron chi connectivity index (χ4n) is 1.39. The summed E-state index contributed by atoms with van der Waals surface area (Å²) in [7, 11) is 3.03. The largest absolute Gasteiger partial charge is 0.478 e. The van der Waals surface area contributed by atoms with Crippen LogP contribution < -0.4 is 0 Å². The van der Waals surface area contributed by atoms with Crippen molar-refractivity contribution < 1.29 is 23.8 Å². The van der Waals surface area contributed by atoms with Crippen LogP contribution in [0, 0.1) is 6.92 Å². The number of amides is 1. The van der Waals surface area contributed by atoms with Crippen molar-refractivity contribution in [3.05, 3.63) is 23.2 Å². The standard InChI is InChI=1S/C11H15NO5/c1-7-9(11(14)15)4-8(17-7)5-12(2)10(13)6-16-3/h4H,5-6H2,1-3H3,(H,14,15). The molecule has 0 spiro atoms. The van der Waals surface area contributed by atoms with Crippen molar-refractivity contribution in [3.8, 4) is 0 Å². The molecule has 0 saturated heterocycles. The van der Waals surface area contributed by atoms with Crippen molar-refractivity contribution in [1.29, 1.82) is 0 Å². The number of aromatic carboxylic acids is 1. The lowest BCUT2D eigenvalue weighted by Crippen LogP contribution is -2.29. The van der Waals surface area contributed by atoms with E-state index >= 15 is 0 Å². The van der Waals surface area contributed by atoms with Gasteiger partial charge in [0.1, 0.15) is 23.7 Å². The van der Waals surface area contributed by atoms with Crippen LogP contribution in [0.3, 0.4) is 0 Å². The Kier molecular flexibility index (Phi) is 4.28. The van der Waals surface area contributed by atoms with Gasteiger partial charge in [0.25, 0.3) is 0 Å². The Morgan fingerprint density at radius 2 is 2.18 bits per heavy atom. The van der Waals surface area contributed by atoms with E-state index < -0.39 is 5.97 Å². The lowest BCUT2D eigenvalue weighted by Gasteiger charge is -2.14. The van der Waals surface area contributed by atoms with Gasteiger partial charge in [-0.05, 0) is 13.0 Å². The lowest BCUT2D eigenvalue weighted by molar-refractivity contribution is -0.134. The monoisotopic (exact) mass is 241 g/mol. The van der Waals surface area contributed by atoms with Crippen LogP contribution in [0.25, 0.3) is 0 Å². The summed E-state index contributed by atoms with van der Waals surface area (Å²) < 4.78 is 9.97. The highest BCUT2D eigenvalue weighted by molar-refractivity contribution is 5.88. The van der Waals surface area contributed by atoms with Crippen LogP contribution in [0.1, 0.15) is 21.9 Å². The number of carbonyl (C=O) groups is 2. The second kappa shape index (κ2) is 5.49. The van der Waals surface area contributed by atoms with Gasteiger partial charge in [0, 0.05) is 14.2 Å². The molecule has 0 atom stereocenters. The first-order valence-electron chi connectivity index (χ1n) is 5.01. The Labute approximate surface area is 98.8 Å². The second-order valence-corrected chi connectivity index (χ2v) is 3.67. The summed E-state index contributed by atoms with van der Waals surface area (Å²) in [4.78, 5) is 23.6. The van der Waals surface area contributed by atoms with E-state index in [1.165, 1.54) is 18.1 Å². The summed E-state index contributed by atoms with van der Waals surface area (Å²) in [6.07, 6.45) is 0. The van der Waals surface area contributed by atoms with Crippen molar-refractivity contribution in [2.24, 2.45) is 0 Å². The lowest BCUT2D eigenvalue weighted by atomic mass is 10.2. The number of nitrogens with zero attached hydrogens (tertiary/aromatic N) is 1. The van der Waals surface area contributed by atoms with Crippen molar-refractivity contribution >= 4 is 11.9 Å². The molecule has 0 unspecified atom stereocenters. The molecule has 0 aliphatic rings. The number of hydrogen-bond acceptors (Lipinski definition) is 4. The Balaban J connectivity index is 2.72. The molecule has 1 heterocycles. The first-order chi connectivity index (χ1) is 7.95. The van der Waals surface area contributed by atoms with Crippen molar-refractivity contribution in [3.63, 3.8) is 0 Å². The maximum absolute atomic E-state index is 11.4. The van der Waals surface area contributed by atoms with E-state index in [9.17, 15) is 9.59 Å². The normalized spacial score (nSPS) is 10.3. The Morgan fingerprint density at radius 1 is 1.53 bits per heavy atom. The van der Waals surface area contributed by atoms with Crippen molar-refractivity contribution in [2.75, 3.05) is 20.8 Å². The minimum atomic E-state index is -1.04. The van der Waals surface area contributed by atoms with Gasteiger partial charge >= 0.3 is 5.97 Å². The van der Waals surface area contributed by atoms with Gasteiger partial charge in [-0.1, -0.05) is 0 Å². The predicted molar refractivity (Wildman–Crippen MR) is 58.8 cm³/mol. The van der Waals surface area contributed by atoms with Crippen LogP contribution in [0.2, 0.25) is 0 Å². The predicted octanol–water partition coefficient (Wildman–Crippen LogP) is 0.891. The van der Waals surface area contributed by atoms with Crippen LogP contribution >= 0.6 is 0 Å². The molecule has 0 aromatic carbocycles. The summed E-state index contributed by atoms with van der Waals surface area (Å²) in [5.41, 5.74) is 0.118. The third-order valence-electron chi connectivity index (χ3n) is 2.29. The van der Waals surface area contributed by atoms with Crippen molar-refractivity contribution in [2.45, 2.75) is 13.5 Å². The van der Waals surface area contributed by atoms with Crippen LogP contribution in [0.5, 0.6) is 0 Å². The number of methoxy groups -OCH3 is 1. The van der Waals surface area contributed by atoms with E-state index in [2.05, 4.69) is 0 Å². The van der Waals surface area contributed by atoms with Crippen molar-refractivity contribution in [1.82, 2.24) is 4.90 Å². The molecule has 0 radical (unpaired) electrons. The number of ether oxygens (including phenoxy) is 1. The molecule has 0 saturated carbocycles. The molecule has 1 amide bonds. The van der Waals surface area contributed by atoms with E-state index in [-0.39, 0.29) is 24.6 Å². The van der Waals surface area contributed by atoms with E-state index in [1.807, 2.05) is 0 Å². The first-order valence-corrected chi connectivity index (χ1v) is 5.01. The van der Waals surface area contributed by atoms with Crippen LogP contribution in [0.15, 0.2) is 10.5 Å². The molecule has 1 N–H and O–H groups in total. The van der Waals surface area contributed by atoms with Crippen LogP contribution in [-0.2, 0) is 16.1 Å². The number of carboxylic acids is 1. The zero-order chi connectivity index (χ0) is 13.0. The Bertz CT molecular complexity index is 423. The molecule has 1 rings (SSSR count). The number of rotatable bonds is 5. The molecule has 1 aromatic rings. The van der Waals surface area contributed by atoms with Gasteiger partial charge in [0.05, 0.1) is 6.54 Å². The Morgan fingerprint density at radius 3 is 2.65 bits per heavy atom. The number of carboxylic acid groups (broad SMARTS) is 1. The number of likely N-dealkylation sites (N-methyl/N-ethyl adjacent to an activating group) is 1. The molecule has 6 heteroatoms. The fourth-order valence-corrected chi connectivity index (χ4v) is 1.39. The number of carbonyl (C=O) groups excluding carboxylic acids is 1.